The van der Waals surface area contributed by atoms with E-state index >= 15 is 0 Å². The van der Waals surface area contributed by atoms with Gasteiger partial charge in [-0.1, -0.05) is 23.7 Å². The van der Waals surface area contributed by atoms with Crippen molar-refractivity contribution in [2.24, 2.45) is 0 Å². The molecule has 0 saturated heterocycles. The lowest BCUT2D eigenvalue weighted by Gasteiger charge is -2.31. The molecule has 2 aromatic heterocycles. The third-order valence-corrected chi connectivity index (χ3v) is 5.90. The first-order valence-corrected chi connectivity index (χ1v) is 11.8. The Morgan fingerprint density at radius 2 is 2.00 bits per heavy atom. The number of benzene rings is 1. The van der Waals surface area contributed by atoms with Crippen LogP contribution in [0.4, 0.5) is 15.0 Å². The fourth-order valence-corrected chi connectivity index (χ4v) is 3.78. The van der Waals surface area contributed by atoms with E-state index in [0.29, 0.717) is 18.4 Å². The monoisotopic (exact) mass is 531 g/mol. The van der Waals surface area contributed by atoms with Crippen molar-refractivity contribution in [2.45, 2.75) is 38.8 Å². The minimum atomic E-state index is -0.768. The molecule has 0 unspecified atom stereocenters. The Kier molecular flexibility index (Phi) is 10.1. The fourth-order valence-electron chi connectivity index (χ4n) is 3.59. The maximum atomic E-state index is 13.8. The topological polar surface area (TPSA) is 123 Å². The van der Waals surface area contributed by atoms with E-state index in [4.69, 9.17) is 16.3 Å². The van der Waals surface area contributed by atoms with Crippen LogP contribution in [0.2, 0.25) is 5.02 Å². The normalized spacial score (nSPS) is 11.6. The standard InChI is InChI=1S/C25H27ClFN5O5/c1-16(33)32(30-14-18-5-3-7-21(27)24(18)26)20(6-4-8-23(34)36-2)15-37-25(35)31-22-11-17-9-10-28-12-19(17)13-29-22/h3,5,7,9-13,20,30H,4,6,8,14-15H2,1-2H3,(H,29,31,35)/t20-/m0/s1. The third-order valence-electron chi connectivity index (χ3n) is 5.48. The Morgan fingerprint density at radius 3 is 2.76 bits per heavy atom. The SMILES string of the molecule is COC(=O)CCC[C@@H](COC(=O)Nc1cc2ccncc2cn1)N(NCc1cccc(F)c1Cl)C(C)=O. The van der Waals surface area contributed by atoms with E-state index in [1.807, 2.05) is 0 Å². The zero-order valence-electron chi connectivity index (χ0n) is 20.4. The fraction of sp³-hybridized carbons (Fsp3) is 0.320. The van der Waals surface area contributed by atoms with Gasteiger partial charge in [0.05, 0.1) is 18.2 Å². The summed E-state index contributed by atoms with van der Waals surface area (Å²) in [6.45, 7) is 1.20. The van der Waals surface area contributed by atoms with Crippen molar-refractivity contribution >= 4 is 46.2 Å². The summed E-state index contributed by atoms with van der Waals surface area (Å²) < 4.78 is 23.9. The van der Waals surface area contributed by atoms with Gasteiger partial charge < -0.3 is 9.47 Å². The average Bonchev–Trinajstić information content (AvgIpc) is 2.88. The lowest BCUT2D eigenvalue weighted by Crippen LogP contribution is -2.50. The molecule has 0 bridgehead atoms. The summed E-state index contributed by atoms with van der Waals surface area (Å²) in [5.41, 5.74) is 3.38. The van der Waals surface area contributed by atoms with Crippen molar-refractivity contribution in [3.63, 3.8) is 0 Å². The molecule has 3 rings (SSSR count). The maximum Gasteiger partial charge on any atom is 0.412 e. The molecule has 196 valence electrons. The number of rotatable bonds is 11. The lowest BCUT2D eigenvalue weighted by atomic mass is 10.1. The number of hydrazine groups is 1. The summed E-state index contributed by atoms with van der Waals surface area (Å²) in [5.74, 6) is -1.06. The molecule has 2 heterocycles. The molecule has 0 spiro atoms. The van der Waals surface area contributed by atoms with E-state index in [1.165, 1.54) is 31.2 Å². The van der Waals surface area contributed by atoms with Gasteiger partial charge in [-0.15, -0.1) is 0 Å². The molecule has 0 saturated carbocycles. The zero-order valence-corrected chi connectivity index (χ0v) is 21.1. The number of hydrogen-bond acceptors (Lipinski definition) is 8. The van der Waals surface area contributed by atoms with Crippen molar-refractivity contribution in [3.05, 3.63) is 65.3 Å². The highest BCUT2D eigenvalue weighted by atomic mass is 35.5. The third kappa shape index (κ3) is 8.09. The summed E-state index contributed by atoms with van der Waals surface area (Å²) in [5, 5.41) is 5.44. The first-order valence-electron chi connectivity index (χ1n) is 11.4. The van der Waals surface area contributed by atoms with E-state index in [-0.39, 0.29) is 36.3 Å². The number of anilines is 1. The largest absolute Gasteiger partial charge is 0.469 e. The molecule has 37 heavy (non-hydrogen) atoms. The molecule has 1 aromatic carbocycles. The number of amides is 2. The second kappa shape index (κ2) is 13.5. The van der Waals surface area contributed by atoms with E-state index < -0.39 is 23.9 Å². The smallest absolute Gasteiger partial charge is 0.412 e. The van der Waals surface area contributed by atoms with Gasteiger partial charge in [-0.25, -0.2) is 19.6 Å². The number of pyridine rings is 2. The van der Waals surface area contributed by atoms with Gasteiger partial charge >= 0.3 is 12.1 Å². The van der Waals surface area contributed by atoms with Gasteiger partial charge in [0.2, 0.25) is 5.91 Å². The Labute approximate surface area is 218 Å². The number of nitrogens with one attached hydrogen (secondary N) is 2. The van der Waals surface area contributed by atoms with Crippen LogP contribution < -0.4 is 10.7 Å². The number of halogens is 2. The molecule has 0 aliphatic carbocycles. The van der Waals surface area contributed by atoms with Gasteiger partial charge in [0.25, 0.3) is 0 Å². The van der Waals surface area contributed by atoms with Gasteiger partial charge in [0.1, 0.15) is 18.2 Å². The predicted octanol–water partition coefficient (Wildman–Crippen LogP) is 4.24. The van der Waals surface area contributed by atoms with Gasteiger partial charge in [-0.3, -0.25) is 24.9 Å². The van der Waals surface area contributed by atoms with Crippen LogP contribution in [0.3, 0.4) is 0 Å². The average molecular weight is 532 g/mol. The molecule has 1 atom stereocenters. The minimum absolute atomic E-state index is 0.0474. The predicted molar refractivity (Wildman–Crippen MR) is 135 cm³/mol. The number of esters is 1. The number of nitrogens with zero attached hydrogens (tertiary/aromatic N) is 3. The summed E-state index contributed by atoms with van der Waals surface area (Å²) >= 11 is 6.03. The van der Waals surface area contributed by atoms with Crippen molar-refractivity contribution < 1.29 is 28.2 Å². The van der Waals surface area contributed by atoms with Crippen LogP contribution in [-0.4, -0.2) is 52.7 Å². The molecule has 0 radical (unpaired) electrons. The van der Waals surface area contributed by atoms with Gasteiger partial charge in [-0.2, -0.15) is 0 Å². The molecule has 2 amide bonds. The minimum Gasteiger partial charge on any atom is -0.469 e. The number of ether oxygens (including phenoxy) is 2. The molecule has 0 aliphatic rings. The molecular weight excluding hydrogens is 505 g/mol. The summed E-state index contributed by atoms with van der Waals surface area (Å²) in [4.78, 5) is 44.7. The second-order valence-electron chi connectivity index (χ2n) is 8.07. The van der Waals surface area contributed by atoms with Crippen molar-refractivity contribution in [3.8, 4) is 0 Å². The number of methoxy groups -OCH3 is 1. The van der Waals surface area contributed by atoms with E-state index in [1.54, 1.807) is 36.8 Å². The van der Waals surface area contributed by atoms with E-state index in [9.17, 15) is 18.8 Å². The van der Waals surface area contributed by atoms with Gasteiger partial charge in [0.15, 0.2) is 0 Å². The highest BCUT2D eigenvalue weighted by Crippen LogP contribution is 2.20. The van der Waals surface area contributed by atoms with E-state index in [0.717, 1.165) is 10.8 Å². The first-order chi connectivity index (χ1) is 17.8. The zero-order chi connectivity index (χ0) is 26.8. The number of hydrogen-bond donors (Lipinski definition) is 2. The van der Waals surface area contributed by atoms with Gasteiger partial charge in [-0.05, 0) is 42.0 Å². The summed E-state index contributed by atoms with van der Waals surface area (Å²) in [6, 6.07) is 7.19. The highest BCUT2D eigenvalue weighted by Gasteiger charge is 2.24. The number of carbonyl (C=O) groups excluding carboxylic acids is 3. The Morgan fingerprint density at radius 1 is 1.19 bits per heavy atom. The molecule has 12 heteroatoms. The van der Waals surface area contributed by atoms with Crippen LogP contribution in [0.1, 0.15) is 31.7 Å². The molecule has 0 fully saturated rings. The van der Waals surface area contributed by atoms with Gasteiger partial charge in [0, 0.05) is 43.9 Å². The van der Waals surface area contributed by atoms with Crippen LogP contribution in [0, 0.1) is 5.82 Å². The molecule has 2 N–H and O–H groups in total. The number of aromatic nitrogens is 2. The maximum absolute atomic E-state index is 13.8. The molecular formula is C25H27ClFN5O5. The number of carbonyl (C=O) groups is 3. The second-order valence-corrected chi connectivity index (χ2v) is 8.45. The molecule has 0 aliphatic heterocycles. The lowest BCUT2D eigenvalue weighted by molar-refractivity contribution is -0.140. The van der Waals surface area contributed by atoms with E-state index in [2.05, 4.69) is 25.4 Å². The van der Waals surface area contributed by atoms with Crippen LogP contribution in [0.15, 0.2) is 48.9 Å². The quantitative estimate of drug-likeness (QED) is 0.278. The Balaban J connectivity index is 1.67. The Hall–Kier alpha value is -3.83. The van der Waals surface area contributed by atoms with Crippen LogP contribution in [0.25, 0.3) is 10.8 Å². The van der Waals surface area contributed by atoms with Crippen LogP contribution in [-0.2, 0) is 25.6 Å². The van der Waals surface area contributed by atoms with Crippen molar-refractivity contribution in [2.75, 3.05) is 19.0 Å². The molecule has 10 nitrogen and oxygen atoms in total. The number of fused-ring (bicyclic) bond motifs is 1. The van der Waals surface area contributed by atoms with Crippen molar-refractivity contribution in [1.82, 2.24) is 20.4 Å². The Bertz CT molecular complexity index is 1260. The summed E-state index contributed by atoms with van der Waals surface area (Å²) in [6.07, 6.45) is 4.90. The van der Waals surface area contributed by atoms with Crippen molar-refractivity contribution in [1.29, 1.82) is 0 Å². The van der Waals surface area contributed by atoms with Crippen LogP contribution in [0.5, 0.6) is 0 Å². The molecule has 3 aromatic rings. The van der Waals surface area contributed by atoms with Crippen LogP contribution >= 0.6 is 11.6 Å². The highest BCUT2D eigenvalue weighted by molar-refractivity contribution is 6.31. The summed E-state index contributed by atoms with van der Waals surface area (Å²) in [7, 11) is 1.29. The first kappa shape index (κ1) is 27.8.